The molecule has 1 saturated heterocycles. The van der Waals surface area contributed by atoms with Crippen LogP contribution in [0.2, 0.25) is 0 Å². The SMILES string of the molecule is CCC1CN(C(CN)c2c(C)oc3ccccc23)CCO1. The van der Waals surface area contributed by atoms with Crippen molar-refractivity contribution in [1.82, 2.24) is 4.90 Å². The lowest BCUT2D eigenvalue weighted by atomic mass is 10.0. The summed E-state index contributed by atoms with van der Waals surface area (Å²) < 4.78 is 11.7. The molecule has 1 aliphatic rings. The minimum absolute atomic E-state index is 0.201. The summed E-state index contributed by atoms with van der Waals surface area (Å²) in [4.78, 5) is 2.45. The van der Waals surface area contributed by atoms with Gasteiger partial charge in [-0.3, -0.25) is 4.90 Å². The quantitative estimate of drug-likeness (QED) is 0.940. The number of benzene rings is 1. The van der Waals surface area contributed by atoms with Gasteiger partial charge in [0.1, 0.15) is 11.3 Å². The summed E-state index contributed by atoms with van der Waals surface area (Å²) in [5.74, 6) is 0.978. The van der Waals surface area contributed by atoms with Crippen LogP contribution in [0.4, 0.5) is 0 Å². The highest BCUT2D eigenvalue weighted by molar-refractivity contribution is 5.82. The van der Waals surface area contributed by atoms with Crippen LogP contribution in [0.5, 0.6) is 0 Å². The van der Waals surface area contributed by atoms with Crippen LogP contribution < -0.4 is 5.73 Å². The molecular formula is C17H24N2O2. The second-order valence-electron chi connectivity index (χ2n) is 5.72. The fourth-order valence-corrected chi connectivity index (χ4v) is 3.32. The lowest BCUT2D eigenvalue weighted by Gasteiger charge is -2.37. The van der Waals surface area contributed by atoms with Gasteiger partial charge in [0.15, 0.2) is 0 Å². The second-order valence-corrected chi connectivity index (χ2v) is 5.72. The second kappa shape index (κ2) is 6.18. The largest absolute Gasteiger partial charge is 0.461 e. The van der Waals surface area contributed by atoms with Crippen LogP contribution in [0.15, 0.2) is 28.7 Å². The number of hydrogen-bond donors (Lipinski definition) is 1. The maximum Gasteiger partial charge on any atom is 0.134 e. The lowest BCUT2D eigenvalue weighted by molar-refractivity contribution is -0.0437. The molecule has 3 rings (SSSR count). The van der Waals surface area contributed by atoms with Crippen molar-refractivity contribution >= 4 is 11.0 Å². The number of furan rings is 1. The van der Waals surface area contributed by atoms with Crippen LogP contribution in [0.25, 0.3) is 11.0 Å². The Morgan fingerprint density at radius 3 is 2.95 bits per heavy atom. The Balaban J connectivity index is 1.96. The number of aryl methyl sites for hydroxylation is 1. The zero-order chi connectivity index (χ0) is 14.8. The fraction of sp³-hybridized carbons (Fsp3) is 0.529. The first kappa shape index (κ1) is 14.6. The van der Waals surface area contributed by atoms with Crippen LogP contribution in [0.3, 0.4) is 0 Å². The van der Waals surface area contributed by atoms with Gasteiger partial charge in [-0.25, -0.2) is 0 Å². The van der Waals surface area contributed by atoms with Gasteiger partial charge in [0.05, 0.1) is 18.8 Å². The number of hydrogen-bond acceptors (Lipinski definition) is 4. The maximum absolute atomic E-state index is 6.12. The summed E-state index contributed by atoms with van der Waals surface area (Å²) in [7, 11) is 0. The van der Waals surface area contributed by atoms with E-state index in [1.54, 1.807) is 0 Å². The predicted octanol–water partition coefficient (Wildman–Crippen LogP) is 2.85. The summed E-state index contributed by atoms with van der Waals surface area (Å²) in [6.45, 7) is 7.46. The number of ether oxygens (including phenoxy) is 1. The molecule has 114 valence electrons. The van der Waals surface area contributed by atoms with Crippen LogP contribution in [-0.2, 0) is 4.74 Å². The van der Waals surface area contributed by atoms with E-state index in [4.69, 9.17) is 14.9 Å². The van der Waals surface area contributed by atoms with E-state index in [2.05, 4.69) is 24.0 Å². The standard InChI is InChI=1S/C17H24N2O2/c1-3-13-11-19(8-9-20-13)15(10-18)17-12(2)21-16-7-5-4-6-14(16)17/h4-7,13,15H,3,8-11,18H2,1-2H3. The van der Waals surface area contributed by atoms with E-state index in [-0.39, 0.29) is 6.04 Å². The molecule has 1 aromatic carbocycles. The average Bonchev–Trinajstić information content (AvgIpc) is 2.85. The van der Waals surface area contributed by atoms with Gasteiger partial charge in [0.2, 0.25) is 0 Å². The van der Waals surface area contributed by atoms with Crippen molar-refractivity contribution in [3.63, 3.8) is 0 Å². The third-order valence-corrected chi connectivity index (χ3v) is 4.44. The zero-order valence-electron chi connectivity index (χ0n) is 12.8. The Morgan fingerprint density at radius 2 is 2.19 bits per heavy atom. The number of rotatable bonds is 4. The van der Waals surface area contributed by atoms with Crippen LogP contribution in [-0.4, -0.2) is 37.2 Å². The molecule has 0 bridgehead atoms. The molecule has 0 amide bonds. The molecule has 2 heterocycles. The van der Waals surface area contributed by atoms with E-state index in [9.17, 15) is 0 Å². The molecule has 0 aliphatic carbocycles. The monoisotopic (exact) mass is 288 g/mol. The molecule has 2 unspecified atom stereocenters. The number of fused-ring (bicyclic) bond motifs is 1. The van der Waals surface area contributed by atoms with Gasteiger partial charge in [-0.1, -0.05) is 25.1 Å². The van der Waals surface area contributed by atoms with Gasteiger partial charge in [0, 0.05) is 30.6 Å². The van der Waals surface area contributed by atoms with Gasteiger partial charge in [-0.2, -0.15) is 0 Å². The first-order valence-electron chi connectivity index (χ1n) is 7.78. The molecule has 4 nitrogen and oxygen atoms in total. The molecule has 1 aromatic heterocycles. The molecule has 0 spiro atoms. The van der Waals surface area contributed by atoms with Crippen molar-refractivity contribution < 1.29 is 9.15 Å². The Morgan fingerprint density at radius 1 is 1.38 bits per heavy atom. The Labute approximate surface area is 125 Å². The zero-order valence-corrected chi connectivity index (χ0v) is 12.8. The van der Waals surface area contributed by atoms with Crippen LogP contribution in [0, 0.1) is 6.92 Å². The fourth-order valence-electron chi connectivity index (χ4n) is 3.32. The minimum atomic E-state index is 0.201. The molecule has 2 atom stereocenters. The van der Waals surface area contributed by atoms with Crippen molar-refractivity contribution in [2.45, 2.75) is 32.4 Å². The molecule has 1 fully saturated rings. The molecule has 0 saturated carbocycles. The first-order valence-corrected chi connectivity index (χ1v) is 7.78. The van der Waals surface area contributed by atoms with Crippen LogP contribution >= 0.6 is 0 Å². The number of nitrogens with two attached hydrogens (primary N) is 1. The maximum atomic E-state index is 6.12. The van der Waals surface area contributed by atoms with Gasteiger partial charge in [0.25, 0.3) is 0 Å². The van der Waals surface area contributed by atoms with Gasteiger partial charge >= 0.3 is 0 Å². The first-order chi connectivity index (χ1) is 10.2. The average molecular weight is 288 g/mol. The van der Waals surface area contributed by atoms with E-state index < -0.39 is 0 Å². The Hall–Kier alpha value is -1.36. The van der Waals surface area contributed by atoms with Crippen molar-refractivity contribution in [3.8, 4) is 0 Å². The summed E-state index contributed by atoms with van der Waals surface area (Å²) in [5, 5.41) is 1.19. The Kier molecular flexibility index (Phi) is 4.29. The summed E-state index contributed by atoms with van der Waals surface area (Å²) in [6.07, 6.45) is 1.35. The molecule has 21 heavy (non-hydrogen) atoms. The number of morpholine rings is 1. The van der Waals surface area contributed by atoms with Gasteiger partial charge in [-0.05, 0) is 19.4 Å². The summed E-state index contributed by atoms with van der Waals surface area (Å²) >= 11 is 0. The van der Waals surface area contributed by atoms with E-state index in [1.807, 2.05) is 19.1 Å². The van der Waals surface area contributed by atoms with Crippen molar-refractivity contribution in [3.05, 3.63) is 35.6 Å². The number of para-hydroxylation sites is 1. The minimum Gasteiger partial charge on any atom is -0.461 e. The topological polar surface area (TPSA) is 51.6 Å². The van der Waals surface area contributed by atoms with Crippen molar-refractivity contribution in [2.24, 2.45) is 5.73 Å². The smallest absolute Gasteiger partial charge is 0.134 e. The van der Waals surface area contributed by atoms with E-state index in [0.29, 0.717) is 12.6 Å². The molecule has 0 radical (unpaired) electrons. The Bertz CT molecular complexity index is 608. The molecule has 2 aromatic rings. The molecule has 4 heteroatoms. The van der Waals surface area contributed by atoms with E-state index in [1.165, 1.54) is 10.9 Å². The predicted molar refractivity (Wildman–Crippen MR) is 84.4 cm³/mol. The summed E-state index contributed by atoms with van der Waals surface area (Å²) in [6, 6.07) is 8.41. The van der Waals surface area contributed by atoms with Gasteiger partial charge < -0.3 is 14.9 Å². The van der Waals surface area contributed by atoms with Gasteiger partial charge in [-0.15, -0.1) is 0 Å². The van der Waals surface area contributed by atoms with E-state index in [0.717, 1.165) is 37.5 Å². The third kappa shape index (κ3) is 2.71. The number of nitrogens with zero attached hydrogens (tertiary/aromatic N) is 1. The van der Waals surface area contributed by atoms with Crippen molar-refractivity contribution in [2.75, 3.05) is 26.2 Å². The lowest BCUT2D eigenvalue weighted by Crippen LogP contribution is -2.46. The molecule has 1 aliphatic heterocycles. The third-order valence-electron chi connectivity index (χ3n) is 4.44. The highest BCUT2D eigenvalue weighted by Crippen LogP contribution is 2.34. The highest BCUT2D eigenvalue weighted by atomic mass is 16.5. The van der Waals surface area contributed by atoms with Crippen molar-refractivity contribution in [1.29, 1.82) is 0 Å². The summed E-state index contributed by atoms with van der Waals surface area (Å²) in [5.41, 5.74) is 8.31. The van der Waals surface area contributed by atoms with Crippen LogP contribution in [0.1, 0.15) is 30.7 Å². The van der Waals surface area contributed by atoms with E-state index >= 15 is 0 Å². The molecule has 2 N–H and O–H groups in total. The highest BCUT2D eigenvalue weighted by Gasteiger charge is 2.29. The normalized spacial score (nSPS) is 21.8. The molecular weight excluding hydrogens is 264 g/mol.